The van der Waals surface area contributed by atoms with Crippen LogP contribution in [0.25, 0.3) is 0 Å². The molecule has 0 bridgehead atoms. The van der Waals surface area contributed by atoms with Crippen LogP contribution in [0.3, 0.4) is 0 Å². The summed E-state index contributed by atoms with van der Waals surface area (Å²) in [4.78, 5) is 25.8. The van der Waals surface area contributed by atoms with Gasteiger partial charge in [-0.25, -0.2) is 0 Å². The van der Waals surface area contributed by atoms with Crippen molar-refractivity contribution < 1.29 is 14.3 Å². The molecule has 0 aromatic heterocycles. The number of hydrogen-bond acceptors (Lipinski definition) is 4. The van der Waals surface area contributed by atoms with Crippen LogP contribution in [0.4, 0.5) is 0 Å². The van der Waals surface area contributed by atoms with E-state index in [2.05, 4.69) is 12.2 Å². The Kier molecular flexibility index (Phi) is 2.54. The minimum atomic E-state index is -0.565. The first-order valence-electron chi connectivity index (χ1n) is 6.74. The molecule has 18 heavy (non-hydrogen) atoms. The van der Waals surface area contributed by atoms with Crippen LogP contribution in [0.15, 0.2) is 0 Å². The molecule has 0 unspecified atom stereocenters. The molecule has 0 spiro atoms. The average Bonchev–Trinajstić information content (AvgIpc) is 2.71. The number of ether oxygens (including phenoxy) is 1. The molecule has 0 radical (unpaired) electrons. The number of hydrogen-bond donors (Lipinski definition) is 1. The smallest absolute Gasteiger partial charge is 0.259 e. The summed E-state index contributed by atoms with van der Waals surface area (Å²) >= 11 is 0. The first-order chi connectivity index (χ1) is 8.48. The van der Waals surface area contributed by atoms with Gasteiger partial charge in [0.25, 0.3) is 5.91 Å². The van der Waals surface area contributed by atoms with Gasteiger partial charge in [-0.1, -0.05) is 6.92 Å². The van der Waals surface area contributed by atoms with E-state index in [1.54, 1.807) is 0 Å². The summed E-state index contributed by atoms with van der Waals surface area (Å²) < 4.78 is 5.99. The van der Waals surface area contributed by atoms with Crippen molar-refractivity contribution in [3.8, 4) is 0 Å². The standard InChI is InChI=1S/C13H20N2O3/c1-4-15-11(16)8-9(12(15)17)18-13(3)5-7(2)6-14-10(8)13/h7-10,14H,4-6H2,1-3H3/t7-,8-,9-,10-,13-/m0/s1. The zero-order chi connectivity index (χ0) is 13.1. The van der Waals surface area contributed by atoms with Crippen LogP contribution in [0.5, 0.6) is 0 Å². The first kappa shape index (κ1) is 12.1. The van der Waals surface area contributed by atoms with Gasteiger partial charge in [0.1, 0.15) is 0 Å². The fraction of sp³-hybridized carbons (Fsp3) is 0.846. The van der Waals surface area contributed by atoms with Crippen molar-refractivity contribution in [2.75, 3.05) is 13.1 Å². The molecular weight excluding hydrogens is 232 g/mol. The van der Waals surface area contributed by atoms with Crippen molar-refractivity contribution >= 4 is 11.8 Å². The van der Waals surface area contributed by atoms with Gasteiger partial charge < -0.3 is 10.1 Å². The number of imide groups is 1. The lowest BCUT2D eigenvalue weighted by atomic mass is 9.78. The van der Waals surface area contributed by atoms with Crippen LogP contribution in [0.2, 0.25) is 0 Å². The fourth-order valence-corrected chi connectivity index (χ4v) is 3.83. The van der Waals surface area contributed by atoms with Crippen LogP contribution < -0.4 is 5.32 Å². The lowest BCUT2D eigenvalue weighted by molar-refractivity contribution is -0.149. The number of amides is 2. The number of nitrogens with one attached hydrogen (secondary N) is 1. The third kappa shape index (κ3) is 1.40. The molecule has 0 saturated carbocycles. The predicted octanol–water partition coefficient (Wildman–Crippen LogP) is 0.147. The van der Waals surface area contributed by atoms with E-state index in [-0.39, 0.29) is 29.4 Å². The Morgan fingerprint density at radius 3 is 2.83 bits per heavy atom. The predicted molar refractivity (Wildman–Crippen MR) is 64.7 cm³/mol. The van der Waals surface area contributed by atoms with Crippen LogP contribution >= 0.6 is 0 Å². The molecule has 3 aliphatic rings. The molecule has 5 atom stereocenters. The van der Waals surface area contributed by atoms with Crippen molar-refractivity contribution in [1.82, 2.24) is 10.2 Å². The number of fused-ring (bicyclic) bond motifs is 3. The molecule has 0 aromatic carbocycles. The normalized spacial score (nSPS) is 47.4. The van der Waals surface area contributed by atoms with E-state index in [1.165, 1.54) is 4.90 Å². The molecule has 5 heteroatoms. The van der Waals surface area contributed by atoms with Gasteiger partial charge in [-0.2, -0.15) is 0 Å². The third-order valence-corrected chi connectivity index (χ3v) is 4.56. The highest BCUT2D eigenvalue weighted by Crippen LogP contribution is 2.45. The molecule has 3 aliphatic heterocycles. The van der Waals surface area contributed by atoms with Gasteiger partial charge in [0.05, 0.1) is 17.6 Å². The number of carbonyl (C=O) groups excluding carboxylic acids is 2. The highest BCUT2D eigenvalue weighted by atomic mass is 16.5. The Balaban J connectivity index is 1.93. The molecule has 3 heterocycles. The Hall–Kier alpha value is -0.940. The molecule has 3 saturated heterocycles. The highest BCUT2D eigenvalue weighted by Gasteiger charge is 2.64. The zero-order valence-electron chi connectivity index (χ0n) is 11.1. The van der Waals surface area contributed by atoms with E-state index < -0.39 is 6.10 Å². The van der Waals surface area contributed by atoms with Crippen molar-refractivity contribution in [3.05, 3.63) is 0 Å². The van der Waals surface area contributed by atoms with Crippen LogP contribution in [0.1, 0.15) is 27.2 Å². The molecule has 0 aromatic rings. The summed E-state index contributed by atoms with van der Waals surface area (Å²) in [6.07, 6.45) is 0.343. The molecule has 5 nitrogen and oxygen atoms in total. The Bertz CT molecular complexity index is 411. The van der Waals surface area contributed by atoms with Gasteiger partial charge >= 0.3 is 0 Å². The second kappa shape index (κ2) is 3.78. The minimum Gasteiger partial charge on any atom is -0.360 e. The second-order valence-corrected chi connectivity index (χ2v) is 5.99. The summed E-state index contributed by atoms with van der Waals surface area (Å²) in [6, 6.07) is -0.0216. The van der Waals surface area contributed by atoms with Crippen molar-refractivity contribution in [2.45, 2.75) is 44.9 Å². The summed E-state index contributed by atoms with van der Waals surface area (Å²) in [5.74, 6) is -0.0339. The average molecular weight is 252 g/mol. The van der Waals surface area contributed by atoms with Gasteiger partial charge in [-0.05, 0) is 32.7 Å². The number of likely N-dealkylation sites (N-methyl/N-ethyl adjacent to an activating group) is 1. The number of likely N-dealkylation sites (tertiary alicyclic amines) is 1. The van der Waals surface area contributed by atoms with Crippen molar-refractivity contribution in [3.63, 3.8) is 0 Å². The third-order valence-electron chi connectivity index (χ3n) is 4.56. The van der Waals surface area contributed by atoms with E-state index >= 15 is 0 Å². The lowest BCUT2D eigenvalue weighted by Crippen LogP contribution is -2.57. The Labute approximate surface area is 107 Å². The maximum Gasteiger partial charge on any atom is 0.259 e. The number of rotatable bonds is 1. The monoisotopic (exact) mass is 252 g/mol. The van der Waals surface area contributed by atoms with Crippen LogP contribution in [-0.4, -0.2) is 47.6 Å². The van der Waals surface area contributed by atoms with E-state index in [4.69, 9.17) is 4.74 Å². The summed E-state index contributed by atoms with van der Waals surface area (Å²) in [5, 5.41) is 3.41. The number of carbonyl (C=O) groups is 2. The van der Waals surface area contributed by atoms with E-state index in [0.29, 0.717) is 12.5 Å². The molecule has 100 valence electrons. The van der Waals surface area contributed by atoms with Gasteiger partial charge in [0.2, 0.25) is 5.91 Å². The van der Waals surface area contributed by atoms with Gasteiger partial charge in [-0.15, -0.1) is 0 Å². The molecule has 3 fully saturated rings. The van der Waals surface area contributed by atoms with Gasteiger partial charge in [-0.3, -0.25) is 14.5 Å². The maximum absolute atomic E-state index is 12.3. The Morgan fingerprint density at radius 1 is 1.44 bits per heavy atom. The van der Waals surface area contributed by atoms with E-state index in [0.717, 1.165) is 13.0 Å². The first-order valence-corrected chi connectivity index (χ1v) is 6.74. The molecular formula is C13H20N2O3. The highest BCUT2D eigenvalue weighted by molar-refractivity contribution is 6.07. The summed E-state index contributed by atoms with van der Waals surface area (Å²) in [5.41, 5.74) is -0.377. The van der Waals surface area contributed by atoms with Gasteiger partial charge in [0.15, 0.2) is 6.10 Å². The van der Waals surface area contributed by atoms with E-state index in [1.807, 2.05) is 13.8 Å². The quantitative estimate of drug-likeness (QED) is 0.675. The topological polar surface area (TPSA) is 58.6 Å². The molecule has 2 amide bonds. The number of nitrogens with zero attached hydrogens (tertiary/aromatic N) is 1. The van der Waals surface area contributed by atoms with Crippen LogP contribution in [0, 0.1) is 11.8 Å². The largest absolute Gasteiger partial charge is 0.360 e. The fourth-order valence-electron chi connectivity index (χ4n) is 3.83. The maximum atomic E-state index is 12.3. The Morgan fingerprint density at radius 2 is 2.17 bits per heavy atom. The molecule has 1 N–H and O–H groups in total. The lowest BCUT2D eigenvalue weighted by Gasteiger charge is -2.40. The van der Waals surface area contributed by atoms with Crippen LogP contribution in [-0.2, 0) is 14.3 Å². The summed E-state index contributed by atoms with van der Waals surface area (Å²) in [6.45, 7) is 7.34. The second-order valence-electron chi connectivity index (χ2n) is 5.99. The minimum absolute atomic E-state index is 0.0216. The van der Waals surface area contributed by atoms with Gasteiger partial charge in [0, 0.05) is 6.54 Å². The SMILES string of the molecule is CCN1C(=O)[C@H]2[C@H](O[C@@]3(C)C[C@H](C)CN[C@@H]23)C1=O. The molecule has 3 rings (SSSR count). The van der Waals surface area contributed by atoms with Crippen molar-refractivity contribution in [1.29, 1.82) is 0 Å². The van der Waals surface area contributed by atoms with E-state index in [9.17, 15) is 9.59 Å². The molecule has 0 aliphatic carbocycles. The summed E-state index contributed by atoms with van der Waals surface area (Å²) in [7, 11) is 0. The van der Waals surface area contributed by atoms with Crippen molar-refractivity contribution in [2.24, 2.45) is 11.8 Å². The number of piperidine rings is 1. The zero-order valence-corrected chi connectivity index (χ0v) is 11.1.